The third kappa shape index (κ3) is 8.41. The van der Waals surface area contributed by atoms with Crippen LogP contribution in [-0.4, -0.2) is 27.5 Å². The first-order chi connectivity index (χ1) is 18.3. The minimum absolute atomic E-state index is 0.0557. The van der Waals surface area contributed by atoms with Gasteiger partial charge in [-0.05, 0) is 42.6 Å². The molecule has 0 radical (unpaired) electrons. The smallest absolute Gasteiger partial charge is 0.333 e. The molecule has 4 heteroatoms. The van der Waals surface area contributed by atoms with E-state index < -0.39 is 8.32 Å². The number of esters is 1. The summed E-state index contributed by atoms with van der Waals surface area (Å²) in [4.78, 5) is 12.2. The van der Waals surface area contributed by atoms with Gasteiger partial charge in [0.2, 0.25) is 0 Å². The molecule has 0 saturated heterocycles. The number of methoxy groups -OCH3 is 1. The lowest BCUT2D eigenvalue weighted by Gasteiger charge is -2.43. The number of unbranched alkanes of at least 4 members (excludes halogenated alkanes) is 4. The van der Waals surface area contributed by atoms with Gasteiger partial charge in [-0.15, -0.1) is 6.58 Å². The van der Waals surface area contributed by atoms with E-state index in [0.29, 0.717) is 11.1 Å². The van der Waals surface area contributed by atoms with Crippen molar-refractivity contribution in [2.45, 2.75) is 84.3 Å². The fraction of sp³-hybridized carbons (Fsp3) is 0.441. The van der Waals surface area contributed by atoms with Gasteiger partial charge in [0.25, 0.3) is 8.32 Å². The predicted octanol–water partition coefficient (Wildman–Crippen LogP) is 7.77. The van der Waals surface area contributed by atoms with Crippen molar-refractivity contribution in [2.75, 3.05) is 7.11 Å². The second-order valence-electron chi connectivity index (χ2n) is 10.5. The number of ether oxygens (including phenoxy) is 1. The third-order valence-corrected chi connectivity index (χ3v) is 12.1. The van der Waals surface area contributed by atoms with Crippen LogP contribution in [0.1, 0.15) is 72.6 Å². The number of hydrogen-bond acceptors (Lipinski definition) is 3. The fourth-order valence-corrected chi connectivity index (χ4v) is 10.5. The van der Waals surface area contributed by atoms with Crippen LogP contribution in [0.15, 0.2) is 97.1 Å². The van der Waals surface area contributed by atoms with Gasteiger partial charge in [0.1, 0.15) is 0 Å². The topological polar surface area (TPSA) is 35.5 Å². The van der Waals surface area contributed by atoms with E-state index in [1.54, 1.807) is 6.92 Å². The van der Waals surface area contributed by atoms with Crippen molar-refractivity contribution in [3.8, 4) is 0 Å². The van der Waals surface area contributed by atoms with Gasteiger partial charge in [-0.3, -0.25) is 0 Å². The van der Waals surface area contributed by atoms with Gasteiger partial charge >= 0.3 is 5.97 Å². The molecule has 2 aromatic rings. The van der Waals surface area contributed by atoms with Crippen LogP contribution in [0.2, 0.25) is 5.54 Å². The summed E-state index contributed by atoms with van der Waals surface area (Å²) in [6.07, 6.45) is 11.9. The monoisotopic (exact) mass is 532 g/mol. The molecular weight excluding hydrogens is 484 g/mol. The average molecular weight is 533 g/mol. The zero-order valence-corrected chi connectivity index (χ0v) is 25.2. The SMILES string of the molecule is C=CC[C@@H](CCCCCCC)[Si](O[C@H](C(=C)C)[C@@H](C)/C=C(\C)C(=O)OC)(c1ccccc1)c1ccccc1. The highest BCUT2D eigenvalue weighted by Crippen LogP contribution is 2.36. The molecule has 0 aromatic heterocycles. The zero-order chi connectivity index (χ0) is 28.0. The summed E-state index contributed by atoms with van der Waals surface area (Å²) in [5.41, 5.74) is 1.85. The van der Waals surface area contributed by atoms with Crippen LogP contribution < -0.4 is 10.4 Å². The van der Waals surface area contributed by atoms with Gasteiger partial charge in [0.15, 0.2) is 0 Å². The van der Waals surface area contributed by atoms with Crippen LogP contribution >= 0.6 is 0 Å². The van der Waals surface area contributed by atoms with E-state index in [0.717, 1.165) is 18.4 Å². The molecule has 206 valence electrons. The summed E-state index contributed by atoms with van der Waals surface area (Å²) in [6, 6.07) is 21.6. The summed E-state index contributed by atoms with van der Waals surface area (Å²) in [6.45, 7) is 16.7. The molecule has 3 atom stereocenters. The van der Waals surface area contributed by atoms with Crippen molar-refractivity contribution in [1.29, 1.82) is 0 Å². The minimum Gasteiger partial charge on any atom is -0.466 e. The Balaban J connectivity index is 2.69. The van der Waals surface area contributed by atoms with E-state index in [1.165, 1.54) is 49.6 Å². The molecule has 0 unspecified atom stereocenters. The molecule has 0 fully saturated rings. The van der Waals surface area contributed by atoms with Crippen molar-refractivity contribution < 1.29 is 14.0 Å². The number of allylic oxidation sites excluding steroid dienone is 1. The minimum atomic E-state index is -2.82. The molecule has 2 aromatic carbocycles. The number of carbonyl (C=O) groups is 1. The number of carbonyl (C=O) groups excluding carboxylic acids is 1. The maximum atomic E-state index is 12.2. The van der Waals surface area contributed by atoms with E-state index >= 15 is 0 Å². The molecule has 0 bridgehead atoms. The van der Waals surface area contributed by atoms with E-state index in [1.807, 2.05) is 13.0 Å². The van der Waals surface area contributed by atoms with Crippen molar-refractivity contribution in [3.63, 3.8) is 0 Å². The summed E-state index contributed by atoms with van der Waals surface area (Å²) in [5, 5.41) is 2.53. The second kappa shape index (κ2) is 16.3. The number of rotatable bonds is 17. The third-order valence-electron chi connectivity index (χ3n) is 7.38. The summed E-state index contributed by atoms with van der Waals surface area (Å²) in [5.74, 6) is -0.372. The Bertz CT molecular complexity index is 989. The predicted molar refractivity (Wildman–Crippen MR) is 164 cm³/mol. The molecule has 3 nitrogen and oxygen atoms in total. The Kier molecular flexibility index (Phi) is 13.5. The van der Waals surface area contributed by atoms with Crippen LogP contribution in [0.4, 0.5) is 0 Å². The molecule has 0 aliphatic heterocycles. The first-order valence-corrected chi connectivity index (χ1v) is 16.1. The quantitative estimate of drug-likeness (QED) is 0.0686. The largest absolute Gasteiger partial charge is 0.466 e. The van der Waals surface area contributed by atoms with Crippen molar-refractivity contribution in [2.24, 2.45) is 5.92 Å². The molecule has 0 aliphatic carbocycles. The molecule has 2 rings (SSSR count). The summed E-state index contributed by atoms with van der Waals surface area (Å²) in [7, 11) is -1.40. The summed E-state index contributed by atoms with van der Waals surface area (Å²) < 4.78 is 12.5. The highest BCUT2D eigenvalue weighted by atomic mass is 28.4. The zero-order valence-electron chi connectivity index (χ0n) is 24.2. The molecule has 0 heterocycles. The van der Waals surface area contributed by atoms with Crippen molar-refractivity contribution >= 4 is 24.7 Å². The molecule has 0 saturated carbocycles. The maximum Gasteiger partial charge on any atom is 0.333 e. The van der Waals surface area contributed by atoms with Crippen molar-refractivity contribution in [3.05, 3.63) is 97.1 Å². The van der Waals surface area contributed by atoms with Crippen LogP contribution in [0.25, 0.3) is 0 Å². The summed E-state index contributed by atoms with van der Waals surface area (Å²) >= 11 is 0. The molecule has 0 amide bonds. The molecular formula is C34H48O3Si. The molecule has 0 N–H and O–H groups in total. The highest BCUT2D eigenvalue weighted by Gasteiger charge is 2.48. The van der Waals surface area contributed by atoms with E-state index in [4.69, 9.17) is 9.16 Å². The van der Waals surface area contributed by atoms with E-state index in [2.05, 4.69) is 93.7 Å². The Labute approximate surface area is 232 Å². The van der Waals surface area contributed by atoms with Gasteiger partial charge in [0.05, 0.1) is 13.2 Å². The van der Waals surface area contributed by atoms with Gasteiger partial charge in [-0.25, -0.2) is 4.79 Å². The fourth-order valence-electron chi connectivity index (χ4n) is 5.49. The molecule has 0 aliphatic rings. The lowest BCUT2D eigenvalue weighted by atomic mass is 9.97. The van der Waals surface area contributed by atoms with Crippen LogP contribution in [0, 0.1) is 5.92 Å². The van der Waals surface area contributed by atoms with Crippen LogP contribution in [-0.2, 0) is 14.0 Å². The average Bonchev–Trinajstić information content (AvgIpc) is 2.93. The van der Waals surface area contributed by atoms with Crippen LogP contribution in [0.5, 0.6) is 0 Å². The van der Waals surface area contributed by atoms with Gasteiger partial charge in [-0.1, -0.05) is 131 Å². The first-order valence-electron chi connectivity index (χ1n) is 14.1. The van der Waals surface area contributed by atoms with E-state index in [9.17, 15) is 4.79 Å². The standard InChI is InChI=1S/C34H48O3Si/c1-8-10-11-12-15-21-30(20-9-2)38(31-22-16-13-17-23-31,32-24-18-14-19-25-32)37-33(27(3)4)28(5)26-29(6)34(35)36-7/h9,13-14,16-19,22-26,28,30,33H,2-3,8,10-12,15,20-21H2,1,4-7H3/b29-26+/t28-,30-,33+/m0/s1. The molecule has 0 spiro atoms. The van der Waals surface area contributed by atoms with Gasteiger partial charge in [-0.2, -0.15) is 0 Å². The lowest BCUT2D eigenvalue weighted by Crippen LogP contribution is -2.65. The van der Waals surface area contributed by atoms with Gasteiger partial charge in [0, 0.05) is 11.5 Å². The van der Waals surface area contributed by atoms with Crippen LogP contribution in [0.3, 0.4) is 0 Å². The molecule has 38 heavy (non-hydrogen) atoms. The number of benzene rings is 2. The Morgan fingerprint density at radius 3 is 1.97 bits per heavy atom. The van der Waals surface area contributed by atoms with Gasteiger partial charge < -0.3 is 9.16 Å². The Morgan fingerprint density at radius 1 is 0.947 bits per heavy atom. The lowest BCUT2D eigenvalue weighted by molar-refractivity contribution is -0.136. The highest BCUT2D eigenvalue weighted by molar-refractivity contribution is 6.98. The first kappa shape index (κ1) is 31.5. The Morgan fingerprint density at radius 2 is 1.50 bits per heavy atom. The van der Waals surface area contributed by atoms with E-state index in [-0.39, 0.29) is 18.0 Å². The normalized spacial score (nSPS) is 14.4. The second-order valence-corrected chi connectivity index (χ2v) is 14.2. The Hall–Kier alpha value is -2.69. The van der Waals surface area contributed by atoms with Crippen molar-refractivity contribution in [1.82, 2.24) is 0 Å². The number of hydrogen-bond donors (Lipinski definition) is 0. The maximum absolute atomic E-state index is 12.2.